The van der Waals surface area contributed by atoms with E-state index in [4.69, 9.17) is 0 Å². The van der Waals surface area contributed by atoms with Gasteiger partial charge in [0.15, 0.2) is 0 Å². The largest absolute Gasteiger partial charge is 0.387 e. The number of benzene rings is 2. The van der Waals surface area contributed by atoms with E-state index in [2.05, 4.69) is 4.90 Å². The van der Waals surface area contributed by atoms with Crippen LogP contribution in [0.25, 0.3) is 0 Å². The van der Waals surface area contributed by atoms with Gasteiger partial charge in [-0.15, -0.1) is 0 Å². The monoisotopic (exact) mass is 394 g/mol. The van der Waals surface area contributed by atoms with E-state index in [1.807, 2.05) is 60.4 Å². The van der Waals surface area contributed by atoms with Crippen molar-refractivity contribution in [3.63, 3.8) is 0 Å². The van der Waals surface area contributed by atoms with Crippen LogP contribution in [0.15, 0.2) is 48.5 Å². The second kappa shape index (κ2) is 8.27. The fourth-order valence-electron chi connectivity index (χ4n) is 4.62. The van der Waals surface area contributed by atoms with Crippen LogP contribution in [0.4, 0.5) is 5.69 Å². The van der Waals surface area contributed by atoms with E-state index < -0.39 is 11.7 Å². The van der Waals surface area contributed by atoms with Gasteiger partial charge in [0, 0.05) is 38.3 Å². The normalized spacial score (nSPS) is 20.8. The molecule has 0 bridgehead atoms. The van der Waals surface area contributed by atoms with Crippen LogP contribution in [-0.4, -0.2) is 47.2 Å². The lowest BCUT2D eigenvalue weighted by molar-refractivity contribution is -0.117. The molecule has 0 unspecified atom stereocenters. The van der Waals surface area contributed by atoms with Crippen molar-refractivity contribution in [2.75, 3.05) is 31.1 Å². The Labute approximate surface area is 172 Å². The standard InChI is InChI=1S/C24H30N2O3/c1-18-5-2-3-6-21(18)24(29)12-15-25(16-13-24)17-22(27)19-8-10-20(11-9-19)26-14-4-7-23(26)28/h2-3,5-6,8-11,22,27,29H,4,7,12-17H2,1H3/t22-/m1/s1. The minimum atomic E-state index is -0.781. The minimum Gasteiger partial charge on any atom is -0.387 e. The predicted octanol–water partition coefficient (Wildman–Crippen LogP) is 3.14. The topological polar surface area (TPSA) is 64.0 Å². The summed E-state index contributed by atoms with van der Waals surface area (Å²) in [6, 6.07) is 15.7. The van der Waals surface area contributed by atoms with E-state index in [9.17, 15) is 15.0 Å². The number of rotatable bonds is 5. The molecule has 2 N–H and O–H groups in total. The van der Waals surface area contributed by atoms with Gasteiger partial charge in [0.05, 0.1) is 11.7 Å². The number of β-amino-alcohol motifs (C(OH)–C–C–N with tert-alkyl or cyclic N) is 1. The number of amides is 1. The summed E-state index contributed by atoms with van der Waals surface area (Å²) in [5, 5.41) is 21.8. The SMILES string of the molecule is Cc1ccccc1C1(O)CCN(C[C@@H](O)c2ccc(N3CCCC3=O)cc2)CC1. The Bertz CT molecular complexity index is 857. The number of likely N-dealkylation sites (tertiary alicyclic amines) is 1. The number of nitrogens with zero attached hydrogens (tertiary/aromatic N) is 2. The average molecular weight is 395 g/mol. The third kappa shape index (κ3) is 4.22. The highest BCUT2D eigenvalue weighted by Crippen LogP contribution is 2.35. The van der Waals surface area contributed by atoms with Gasteiger partial charge in [-0.05, 0) is 55.0 Å². The number of carbonyl (C=O) groups excluding carboxylic acids is 1. The van der Waals surface area contributed by atoms with Crippen molar-refractivity contribution < 1.29 is 15.0 Å². The number of aliphatic hydroxyl groups excluding tert-OH is 1. The van der Waals surface area contributed by atoms with E-state index in [0.717, 1.165) is 48.4 Å². The summed E-state index contributed by atoms with van der Waals surface area (Å²) in [5.74, 6) is 0.174. The zero-order chi connectivity index (χ0) is 20.4. The molecule has 154 valence electrons. The third-order valence-electron chi connectivity index (χ3n) is 6.42. The Kier molecular flexibility index (Phi) is 5.72. The van der Waals surface area contributed by atoms with Crippen LogP contribution < -0.4 is 4.90 Å². The Balaban J connectivity index is 1.34. The molecular formula is C24H30N2O3. The lowest BCUT2D eigenvalue weighted by Gasteiger charge is -2.39. The highest BCUT2D eigenvalue weighted by molar-refractivity contribution is 5.95. The van der Waals surface area contributed by atoms with Crippen LogP contribution >= 0.6 is 0 Å². The highest BCUT2D eigenvalue weighted by Gasteiger charge is 2.35. The molecular weight excluding hydrogens is 364 g/mol. The fraction of sp³-hybridized carbons (Fsp3) is 0.458. The molecule has 2 aromatic carbocycles. The lowest BCUT2D eigenvalue weighted by atomic mass is 9.82. The fourth-order valence-corrected chi connectivity index (χ4v) is 4.62. The molecule has 1 atom stereocenters. The first kappa shape index (κ1) is 20.1. The van der Waals surface area contributed by atoms with Gasteiger partial charge < -0.3 is 20.0 Å². The van der Waals surface area contributed by atoms with E-state index in [1.165, 1.54) is 0 Å². The molecule has 0 spiro atoms. The molecule has 4 rings (SSSR count). The molecule has 2 aliphatic rings. The summed E-state index contributed by atoms with van der Waals surface area (Å²) in [7, 11) is 0. The van der Waals surface area contributed by atoms with Crippen LogP contribution in [0.1, 0.15) is 48.5 Å². The van der Waals surface area contributed by atoms with E-state index in [1.54, 1.807) is 0 Å². The van der Waals surface area contributed by atoms with Crippen LogP contribution in [0.5, 0.6) is 0 Å². The number of aliphatic hydroxyl groups is 2. The number of aryl methyl sites for hydroxylation is 1. The first-order valence-corrected chi connectivity index (χ1v) is 10.6. The molecule has 2 aromatic rings. The summed E-state index contributed by atoms with van der Waals surface area (Å²) < 4.78 is 0. The zero-order valence-electron chi connectivity index (χ0n) is 17.1. The van der Waals surface area contributed by atoms with Gasteiger partial charge in [-0.2, -0.15) is 0 Å². The molecule has 0 radical (unpaired) electrons. The smallest absolute Gasteiger partial charge is 0.227 e. The van der Waals surface area contributed by atoms with Crippen molar-refractivity contribution in [3.05, 3.63) is 65.2 Å². The summed E-state index contributed by atoms with van der Waals surface area (Å²) in [6.45, 7) is 4.87. The summed E-state index contributed by atoms with van der Waals surface area (Å²) in [4.78, 5) is 15.9. The van der Waals surface area contributed by atoms with Gasteiger partial charge in [-0.25, -0.2) is 0 Å². The first-order chi connectivity index (χ1) is 14.0. The predicted molar refractivity (Wildman–Crippen MR) is 114 cm³/mol. The Morgan fingerprint density at radius 2 is 1.72 bits per heavy atom. The average Bonchev–Trinajstić information content (AvgIpc) is 3.16. The second-order valence-corrected chi connectivity index (χ2v) is 8.40. The number of piperidine rings is 1. The maximum atomic E-state index is 11.9. The maximum Gasteiger partial charge on any atom is 0.227 e. The first-order valence-electron chi connectivity index (χ1n) is 10.6. The number of hydrogen-bond acceptors (Lipinski definition) is 4. The third-order valence-corrected chi connectivity index (χ3v) is 6.42. The number of carbonyl (C=O) groups is 1. The van der Waals surface area contributed by atoms with E-state index in [-0.39, 0.29) is 5.91 Å². The number of hydrogen-bond donors (Lipinski definition) is 2. The van der Waals surface area contributed by atoms with Gasteiger partial charge in [0.2, 0.25) is 5.91 Å². The maximum absolute atomic E-state index is 11.9. The molecule has 2 heterocycles. The van der Waals surface area contributed by atoms with Crippen molar-refractivity contribution in [3.8, 4) is 0 Å². The molecule has 5 nitrogen and oxygen atoms in total. The van der Waals surface area contributed by atoms with Crippen LogP contribution in [0.2, 0.25) is 0 Å². The van der Waals surface area contributed by atoms with E-state index in [0.29, 0.717) is 25.8 Å². The van der Waals surface area contributed by atoms with Crippen molar-refractivity contribution in [2.24, 2.45) is 0 Å². The van der Waals surface area contributed by atoms with Gasteiger partial charge in [-0.3, -0.25) is 4.79 Å². The van der Waals surface area contributed by atoms with E-state index >= 15 is 0 Å². The van der Waals surface area contributed by atoms with Gasteiger partial charge in [0.1, 0.15) is 0 Å². The van der Waals surface area contributed by atoms with Crippen molar-refractivity contribution in [1.82, 2.24) is 4.90 Å². The van der Waals surface area contributed by atoms with Gasteiger partial charge in [-0.1, -0.05) is 36.4 Å². The Hall–Kier alpha value is -2.21. The summed E-state index contributed by atoms with van der Waals surface area (Å²) in [6.07, 6.45) is 2.28. The highest BCUT2D eigenvalue weighted by atomic mass is 16.3. The summed E-state index contributed by atoms with van der Waals surface area (Å²) >= 11 is 0. The zero-order valence-corrected chi connectivity index (χ0v) is 17.1. The van der Waals surface area contributed by atoms with Gasteiger partial charge >= 0.3 is 0 Å². The van der Waals surface area contributed by atoms with Crippen LogP contribution in [0.3, 0.4) is 0 Å². The minimum absolute atomic E-state index is 0.174. The molecule has 0 saturated carbocycles. The quantitative estimate of drug-likeness (QED) is 0.818. The number of anilines is 1. The Morgan fingerprint density at radius 3 is 2.34 bits per heavy atom. The molecule has 2 fully saturated rings. The van der Waals surface area contributed by atoms with Crippen molar-refractivity contribution in [2.45, 2.75) is 44.3 Å². The van der Waals surface area contributed by atoms with Crippen LogP contribution in [-0.2, 0) is 10.4 Å². The molecule has 1 amide bonds. The second-order valence-electron chi connectivity index (χ2n) is 8.40. The van der Waals surface area contributed by atoms with Gasteiger partial charge in [0.25, 0.3) is 0 Å². The molecule has 2 saturated heterocycles. The molecule has 0 aliphatic carbocycles. The molecule has 2 aliphatic heterocycles. The summed E-state index contributed by atoms with van der Waals surface area (Å²) in [5.41, 5.74) is 3.13. The molecule has 5 heteroatoms. The molecule has 29 heavy (non-hydrogen) atoms. The van der Waals surface area contributed by atoms with Crippen molar-refractivity contribution >= 4 is 11.6 Å². The Morgan fingerprint density at radius 1 is 1.03 bits per heavy atom. The lowest BCUT2D eigenvalue weighted by Crippen LogP contribution is -2.44. The molecule has 0 aromatic heterocycles. The van der Waals surface area contributed by atoms with Crippen molar-refractivity contribution in [1.29, 1.82) is 0 Å². The van der Waals surface area contributed by atoms with Crippen LogP contribution in [0, 0.1) is 6.92 Å².